The van der Waals surface area contributed by atoms with Crippen LogP contribution in [-0.4, -0.2) is 14.2 Å². The zero-order valence-corrected chi connectivity index (χ0v) is 11.9. The molecule has 0 amide bonds. The summed E-state index contributed by atoms with van der Waals surface area (Å²) in [6.07, 6.45) is 0. The lowest BCUT2D eigenvalue weighted by molar-refractivity contribution is 0.604. The van der Waals surface area contributed by atoms with E-state index >= 15 is 0 Å². The van der Waals surface area contributed by atoms with E-state index < -0.39 is 15.8 Å². The molecular weight excluding hydrogens is 395 g/mol. The second kappa shape index (κ2) is 5.14. The summed E-state index contributed by atoms with van der Waals surface area (Å²) >= 11 is 5.35. The standard InChI is InChI=1S/C8H6BrIN2O2S/c9-7-5-6(10)1-2-8(7)12-15(13,14)4-3-11/h1-2,5,12H,4H2. The molecule has 0 radical (unpaired) electrons. The molecule has 0 fully saturated rings. The van der Waals surface area contributed by atoms with Crippen LogP contribution in [0.3, 0.4) is 0 Å². The van der Waals surface area contributed by atoms with Crippen molar-refractivity contribution in [3.63, 3.8) is 0 Å². The Labute approximate surface area is 110 Å². The van der Waals surface area contributed by atoms with Crippen LogP contribution in [0.5, 0.6) is 0 Å². The molecule has 0 aliphatic carbocycles. The number of benzene rings is 1. The van der Waals surface area contributed by atoms with Gasteiger partial charge in [0.2, 0.25) is 10.0 Å². The average molecular weight is 401 g/mol. The van der Waals surface area contributed by atoms with Gasteiger partial charge in [-0.3, -0.25) is 4.72 Å². The van der Waals surface area contributed by atoms with Gasteiger partial charge in [-0.05, 0) is 56.7 Å². The first-order valence-corrected chi connectivity index (χ1v) is 7.29. The molecule has 0 saturated carbocycles. The van der Waals surface area contributed by atoms with Crippen molar-refractivity contribution in [2.24, 2.45) is 0 Å². The Kier molecular flexibility index (Phi) is 4.36. The highest BCUT2D eigenvalue weighted by Gasteiger charge is 2.11. The van der Waals surface area contributed by atoms with E-state index in [0.717, 1.165) is 3.57 Å². The van der Waals surface area contributed by atoms with Gasteiger partial charge < -0.3 is 0 Å². The number of rotatable bonds is 3. The van der Waals surface area contributed by atoms with Gasteiger partial charge in [0.15, 0.2) is 5.75 Å². The van der Waals surface area contributed by atoms with E-state index in [1.54, 1.807) is 24.3 Å². The molecule has 15 heavy (non-hydrogen) atoms. The van der Waals surface area contributed by atoms with Crippen LogP contribution in [0.15, 0.2) is 22.7 Å². The van der Waals surface area contributed by atoms with Gasteiger partial charge in [0, 0.05) is 8.04 Å². The normalized spacial score (nSPS) is 10.7. The summed E-state index contributed by atoms with van der Waals surface area (Å²) < 4.78 is 26.5. The van der Waals surface area contributed by atoms with E-state index in [9.17, 15) is 8.42 Å². The molecule has 1 aromatic rings. The first-order chi connectivity index (χ1) is 6.94. The van der Waals surface area contributed by atoms with Gasteiger partial charge >= 0.3 is 0 Å². The van der Waals surface area contributed by atoms with Crippen LogP contribution in [0.1, 0.15) is 0 Å². The molecule has 0 atom stereocenters. The third-order valence-electron chi connectivity index (χ3n) is 1.45. The summed E-state index contributed by atoms with van der Waals surface area (Å²) in [7, 11) is -3.56. The largest absolute Gasteiger partial charge is 0.282 e. The molecule has 1 N–H and O–H groups in total. The van der Waals surface area contributed by atoms with Crippen molar-refractivity contribution in [3.8, 4) is 6.07 Å². The second-order valence-electron chi connectivity index (χ2n) is 2.64. The Hall–Kier alpha value is -0.330. The summed E-state index contributed by atoms with van der Waals surface area (Å²) in [4.78, 5) is 0. The Morgan fingerprint density at radius 2 is 2.20 bits per heavy atom. The van der Waals surface area contributed by atoms with E-state index in [1.165, 1.54) is 0 Å². The highest BCUT2D eigenvalue weighted by Crippen LogP contribution is 2.25. The highest BCUT2D eigenvalue weighted by atomic mass is 127. The summed E-state index contributed by atoms with van der Waals surface area (Å²) in [5.74, 6) is -0.550. The molecule has 4 nitrogen and oxygen atoms in total. The molecule has 0 heterocycles. The van der Waals surface area contributed by atoms with Crippen molar-refractivity contribution in [3.05, 3.63) is 26.2 Å². The van der Waals surface area contributed by atoms with Gasteiger partial charge in [-0.1, -0.05) is 0 Å². The number of anilines is 1. The van der Waals surface area contributed by atoms with Crippen molar-refractivity contribution >= 4 is 54.2 Å². The fourth-order valence-corrected chi connectivity index (χ4v) is 3.14. The average Bonchev–Trinajstić information content (AvgIpc) is 2.09. The van der Waals surface area contributed by atoms with E-state index in [-0.39, 0.29) is 0 Å². The zero-order valence-electron chi connectivity index (χ0n) is 7.37. The van der Waals surface area contributed by atoms with Crippen molar-refractivity contribution < 1.29 is 8.42 Å². The van der Waals surface area contributed by atoms with Crippen LogP contribution in [0, 0.1) is 14.9 Å². The number of sulfonamides is 1. The fraction of sp³-hybridized carbons (Fsp3) is 0.125. The van der Waals surface area contributed by atoms with Crippen LogP contribution in [0.4, 0.5) is 5.69 Å². The van der Waals surface area contributed by atoms with Crippen molar-refractivity contribution in [2.45, 2.75) is 0 Å². The maximum atomic E-state index is 11.3. The molecule has 80 valence electrons. The Morgan fingerprint density at radius 1 is 1.53 bits per heavy atom. The molecule has 7 heteroatoms. The lowest BCUT2D eigenvalue weighted by atomic mass is 10.3. The number of nitriles is 1. The van der Waals surface area contributed by atoms with Crippen LogP contribution in [0.25, 0.3) is 0 Å². The second-order valence-corrected chi connectivity index (χ2v) is 6.47. The fourth-order valence-electron chi connectivity index (χ4n) is 0.861. The third kappa shape index (κ3) is 3.96. The predicted molar refractivity (Wildman–Crippen MR) is 69.9 cm³/mol. The number of hydrogen-bond donors (Lipinski definition) is 1. The molecule has 0 bridgehead atoms. The predicted octanol–water partition coefficient (Wildman–Crippen LogP) is 2.32. The summed E-state index contributed by atoms with van der Waals surface area (Å²) in [6.45, 7) is 0. The first-order valence-electron chi connectivity index (χ1n) is 3.77. The SMILES string of the molecule is N#CCS(=O)(=O)Nc1ccc(I)cc1Br. The van der Waals surface area contributed by atoms with Gasteiger partial charge in [0.25, 0.3) is 0 Å². The summed E-state index contributed by atoms with van der Waals surface area (Å²) in [5, 5.41) is 8.31. The minimum absolute atomic E-state index is 0.436. The minimum atomic E-state index is -3.56. The van der Waals surface area contributed by atoms with E-state index in [0.29, 0.717) is 10.2 Å². The molecule has 0 saturated heterocycles. The molecule has 1 aromatic carbocycles. The van der Waals surface area contributed by atoms with Gasteiger partial charge in [0.05, 0.1) is 11.8 Å². The van der Waals surface area contributed by atoms with E-state index in [4.69, 9.17) is 5.26 Å². The summed E-state index contributed by atoms with van der Waals surface area (Å²) in [6, 6.07) is 6.79. The minimum Gasteiger partial charge on any atom is -0.282 e. The van der Waals surface area contributed by atoms with Gasteiger partial charge in [-0.15, -0.1) is 0 Å². The number of halogens is 2. The Bertz CT molecular complexity index is 510. The number of nitrogens with one attached hydrogen (secondary N) is 1. The third-order valence-corrected chi connectivity index (χ3v) is 3.82. The van der Waals surface area contributed by atoms with Crippen LogP contribution in [-0.2, 0) is 10.0 Å². The van der Waals surface area contributed by atoms with Crippen molar-refractivity contribution in [2.75, 3.05) is 10.5 Å². The topological polar surface area (TPSA) is 70.0 Å². The Morgan fingerprint density at radius 3 is 2.73 bits per heavy atom. The van der Waals surface area contributed by atoms with Gasteiger partial charge in [0.1, 0.15) is 0 Å². The lowest BCUT2D eigenvalue weighted by Crippen LogP contribution is -2.15. The van der Waals surface area contributed by atoms with E-state index in [2.05, 4.69) is 43.2 Å². The molecule has 0 spiro atoms. The maximum Gasteiger partial charge on any atom is 0.246 e. The first kappa shape index (κ1) is 12.7. The van der Waals surface area contributed by atoms with Crippen LogP contribution < -0.4 is 4.72 Å². The quantitative estimate of drug-likeness (QED) is 0.791. The van der Waals surface area contributed by atoms with Crippen molar-refractivity contribution in [1.29, 1.82) is 5.26 Å². The maximum absolute atomic E-state index is 11.3. The van der Waals surface area contributed by atoms with Crippen molar-refractivity contribution in [1.82, 2.24) is 0 Å². The molecule has 0 unspecified atom stereocenters. The highest BCUT2D eigenvalue weighted by molar-refractivity contribution is 14.1. The molecule has 0 aliphatic rings. The smallest absolute Gasteiger partial charge is 0.246 e. The monoisotopic (exact) mass is 400 g/mol. The zero-order chi connectivity index (χ0) is 11.5. The van der Waals surface area contributed by atoms with E-state index in [1.807, 2.05) is 0 Å². The van der Waals surface area contributed by atoms with Crippen LogP contribution >= 0.6 is 38.5 Å². The molecule has 0 aromatic heterocycles. The number of nitrogens with zero attached hydrogens (tertiary/aromatic N) is 1. The molecule has 1 rings (SSSR count). The Balaban J connectivity index is 2.96. The van der Waals surface area contributed by atoms with Crippen LogP contribution in [0.2, 0.25) is 0 Å². The van der Waals surface area contributed by atoms with Gasteiger partial charge in [-0.25, -0.2) is 8.42 Å². The lowest BCUT2D eigenvalue weighted by Gasteiger charge is -2.07. The summed E-state index contributed by atoms with van der Waals surface area (Å²) in [5.41, 5.74) is 0.436. The molecule has 0 aliphatic heterocycles. The molecular formula is C8H6BrIN2O2S. The number of hydrogen-bond acceptors (Lipinski definition) is 3. The van der Waals surface area contributed by atoms with Gasteiger partial charge in [-0.2, -0.15) is 5.26 Å².